The summed E-state index contributed by atoms with van der Waals surface area (Å²) < 4.78 is 5.44. The van der Waals surface area contributed by atoms with Crippen molar-refractivity contribution in [3.8, 4) is 5.75 Å². The number of rotatable bonds is 5. The topological polar surface area (TPSA) is 44.8 Å². The molecule has 1 aliphatic heterocycles. The molecule has 0 saturated carbocycles. The van der Waals surface area contributed by atoms with Crippen molar-refractivity contribution >= 4 is 11.7 Å². The van der Waals surface area contributed by atoms with Crippen LogP contribution in [0, 0.1) is 0 Å². The predicted molar refractivity (Wildman–Crippen MR) is 109 cm³/mol. The van der Waals surface area contributed by atoms with Crippen molar-refractivity contribution in [2.24, 2.45) is 0 Å². The number of amides is 2. The minimum Gasteiger partial charge on any atom is -0.496 e. The molecule has 2 amide bonds. The Kier molecular flexibility index (Phi) is 6.35. The van der Waals surface area contributed by atoms with Crippen molar-refractivity contribution in [1.82, 2.24) is 9.80 Å². The normalized spacial score (nSPS) is 15.0. The quantitative estimate of drug-likeness (QED) is 0.863. The summed E-state index contributed by atoms with van der Waals surface area (Å²) in [7, 11) is 1.70. The van der Waals surface area contributed by atoms with Gasteiger partial charge in [0.1, 0.15) is 5.75 Å². The van der Waals surface area contributed by atoms with E-state index in [1.165, 1.54) is 11.1 Å². The SMILES string of the molecule is COc1ccccc1CN1CCN(C(=O)Nc2ccccc2C(C)C)CC1. The summed E-state index contributed by atoms with van der Waals surface area (Å²) in [4.78, 5) is 16.9. The molecule has 1 aliphatic rings. The number of piperazine rings is 1. The maximum atomic E-state index is 12.7. The molecule has 0 spiro atoms. The van der Waals surface area contributed by atoms with Crippen LogP contribution in [-0.4, -0.2) is 49.1 Å². The number of para-hydroxylation sites is 2. The number of hydrogen-bond donors (Lipinski definition) is 1. The lowest BCUT2D eigenvalue weighted by Gasteiger charge is -2.35. The molecule has 0 atom stereocenters. The summed E-state index contributed by atoms with van der Waals surface area (Å²) >= 11 is 0. The molecule has 5 heteroatoms. The predicted octanol–water partition coefficient (Wildman–Crippen LogP) is 4.17. The van der Waals surface area contributed by atoms with E-state index < -0.39 is 0 Å². The van der Waals surface area contributed by atoms with Gasteiger partial charge in [0.25, 0.3) is 0 Å². The second-order valence-electron chi connectivity index (χ2n) is 7.25. The number of ether oxygens (including phenoxy) is 1. The third kappa shape index (κ3) is 4.80. The Morgan fingerprint density at radius 2 is 1.70 bits per heavy atom. The fourth-order valence-corrected chi connectivity index (χ4v) is 3.49. The average molecular weight is 367 g/mol. The third-order valence-corrected chi connectivity index (χ3v) is 5.07. The number of hydrogen-bond acceptors (Lipinski definition) is 3. The molecular weight excluding hydrogens is 338 g/mol. The first-order chi connectivity index (χ1) is 13.1. The number of anilines is 1. The van der Waals surface area contributed by atoms with E-state index in [4.69, 9.17) is 4.74 Å². The Labute approximate surface area is 161 Å². The number of carbonyl (C=O) groups excluding carboxylic acids is 1. The van der Waals surface area contributed by atoms with Crippen LogP contribution in [0.5, 0.6) is 5.75 Å². The molecule has 2 aromatic carbocycles. The maximum absolute atomic E-state index is 12.7. The Morgan fingerprint density at radius 1 is 1.04 bits per heavy atom. The summed E-state index contributed by atoms with van der Waals surface area (Å²) in [6.45, 7) is 8.29. The smallest absolute Gasteiger partial charge is 0.321 e. The van der Waals surface area contributed by atoms with Gasteiger partial charge in [-0.05, 0) is 23.6 Å². The van der Waals surface area contributed by atoms with E-state index in [0.29, 0.717) is 5.92 Å². The van der Waals surface area contributed by atoms with Crippen molar-refractivity contribution in [1.29, 1.82) is 0 Å². The number of benzene rings is 2. The Hall–Kier alpha value is -2.53. The van der Waals surface area contributed by atoms with Gasteiger partial charge in [0, 0.05) is 44.0 Å². The van der Waals surface area contributed by atoms with Gasteiger partial charge in [-0.25, -0.2) is 4.79 Å². The monoisotopic (exact) mass is 367 g/mol. The highest BCUT2D eigenvalue weighted by atomic mass is 16.5. The van der Waals surface area contributed by atoms with Gasteiger partial charge in [0.2, 0.25) is 0 Å². The molecule has 1 N–H and O–H groups in total. The molecule has 0 unspecified atom stereocenters. The van der Waals surface area contributed by atoms with Gasteiger partial charge in [-0.3, -0.25) is 4.90 Å². The van der Waals surface area contributed by atoms with E-state index in [0.717, 1.165) is 44.2 Å². The largest absolute Gasteiger partial charge is 0.496 e. The van der Waals surface area contributed by atoms with E-state index in [9.17, 15) is 4.79 Å². The molecule has 1 heterocycles. The minimum absolute atomic E-state index is 0.0139. The van der Waals surface area contributed by atoms with Gasteiger partial charge in [0.15, 0.2) is 0 Å². The van der Waals surface area contributed by atoms with Crippen LogP contribution < -0.4 is 10.1 Å². The summed E-state index contributed by atoms with van der Waals surface area (Å²) in [6, 6.07) is 16.1. The second-order valence-corrected chi connectivity index (χ2v) is 7.25. The molecular formula is C22H29N3O2. The first-order valence-electron chi connectivity index (χ1n) is 9.57. The van der Waals surface area contributed by atoms with Crippen LogP contribution in [0.3, 0.4) is 0 Å². The number of nitrogens with zero attached hydrogens (tertiary/aromatic N) is 2. The van der Waals surface area contributed by atoms with E-state index in [1.54, 1.807) is 7.11 Å². The lowest BCUT2D eigenvalue weighted by Crippen LogP contribution is -2.49. The molecule has 27 heavy (non-hydrogen) atoms. The number of nitrogens with one attached hydrogen (secondary N) is 1. The van der Waals surface area contributed by atoms with Gasteiger partial charge in [-0.1, -0.05) is 50.2 Å². The number of methoxy groups -OCH3 is 1. The molecule has 1 saturated heterocycles. The van der Waals surface area contributed by atoms with Crippen LogP contribution in [0.25, 0.3) is 0 Å². The Morgan fingerprint density at radius 3 is 2.41 bits per heavy atom. The van der Waals surface area contributed by atoms with E-state index in [2.05, 4.69) is 36.2 Å². The molecule has 0 aromatic heterocycles. The van der Waals surface area contributed by atoms with Crippen LogP contribution in [-0.2, 0) is 6.54 Å². The number of carbonyl (C=O) groups is 1. The van der Waals surface area contributed by atoms with Crippen LogP contribution in [0.15, 0.2) is 48.5 Å². The van der Waals surface area contributed by atoms with Gasteiger partial charge in [-0.2, -0.15) is 0 Å². The molecule has 144 valence electrons. The molecule has 0 bridgehead atoms. The molecule has 1 fully saturated rings. The van der Waals surface area contributed by atoms with E-state index >= 15 is 0 Å². The molecule has 5 nitrogen and oxygen atoms in total. The summed E-state index contributed by atoms with van der Waals surface area (Å²) in [5.41, 5.74) is 3.26. The van der Waals surface area contributed by atoms with Gasteiger partial charge in [-0.15, -0.1) is 0 Å². The lowest BCUT2D eigenvalue weighted by molar-refractivity contribution is 0.142. The summed E-state index contributed by atoms with van der Waals surface area (Å²) in [5.74, 6) is 1.29. The number of urea groups is 1. The highest BCUT2D eigenvalue weighted by Gasteiger charge is 2.22. The van der Waals surface area contributed by atoms with E-state index in [-0.39, 0.29) is 6.03 Å². The van der Waals surface area contributed by atoms with Crippen molar-refractivity contribution in [2.75, 3.05) is 38.6 Å². The van der Waals surface area contributed by atoms with Crippen LogP contribution in [0.2, 0.25) is 0 Å². The fourth-order valence-electron chi connectivity index (χ4n) is 3.49. The molecule has 0 aliphatic carbocycles. The average Bonchev–Trinajstić information content (AvgIpc) is 2.69. The zero-order valence-electron chi connectivity index (χ0n) is 16.4. The fraction of sp³-hybridized carbons (Fsp3) is 0.409. The summed E-state index contributed by atoms with van der Waals surface area (Å²) in [5, 5.41) is 3.09. The van der Waals surface area contributed by atoms with Gasteiger partial charge in [0.05, 0.1) is 7.11 Å². The zero-order valence-corrected chi connectivity index (χ0v) is 16.4. The van der Waals surface area contributed by atoms with Crippen LogP contribution in [0.4, 0.5) is 10.5 Å². The van der Waals surface area contributed by atoms with Crippen molar-refractivity contribution in [3.05, 3.63) is 59.7 Å². The second kappa shape index (κ2) is 8.91. The molecule has 3 rings (SSSR count). The highest BCUT2D eigenvalue weighted by Crippen LogP contribution is 2.24. The van der Waals surface area contributed by atoms with Crippen LogP contribution >= 0.6 is 0 Å². The Bertz CT molecular complexity index is 768. The first-order valence-corrected chi connectivity index (χ1v) is 9.57. The van der Waals surface area contributed by atoms with Gasteiger partial charge >= 0.3 is 6.03 Å². The lowest BCUT2D eigenvalue weighted by atomic mass is 10.0. The van der Waals surface area contributed by atoms with Crippen molar-refractivity contribution < 1.29 is 9.53 Å². The third-order valence-electron chi connectivity index (χ3n) is 5.07. The van der Waals surface area contributed by atoms with Crippen molar-refractivity contribution in [3.63, 3.8) is 0 Å². The molecule has 2 aromatic rings. The van der Waals surface area contributed by atoms with Crippen LogP contribution in [0.1, 0.15) is 30.9 Å². The standard InChI is InChI=1S/C22H29N3O2/c1-17(2)19-9-5-6-10-20(19)23-22(26)25-14-12-24(13-15-25)16-18-8-4-7-11-21(18)27-3/h4-11,17H,12-16H2,1-3H3,(H,23,26). The van der Waals surface area contributed by atoms with Gasteiger partial charge < -0.3 is 15.0 Å². The minimum atomic E-state index is -0.0139. The molecule has 0 radical (unpaired) electrons. The zero-order chi connectivity index (χ0) is 19.2. The highest BCUT2D eigenvalue weighted by molar-refractivity contribution is 5.90. The first kappa shape index (κ1) is 19.2. The van der Waals surface area contributed by atoms with Crippen molar-refractivity contribution in [2.45, 2.75) is 26.3 Å². The summed E-state index contributed by atoms with van der Waals surface area (Å²) in [6.07, 6.45) is 0. The van der Waals surface area contributed by atoms with E-state index in [1.807, 2.05) is 41.3 Å². The maximum Gasteiger partial charge on any atom is 0.321 e. The Balaban J connectivity index is 1.55.